The summed E-state index contributed by atoms with van der Waals surface area (Å²) >= 11 is 6.15. The molecule has 3 aromatic heterocycles. The molecular formula is C27H19ClN4O2. The van der Waals surface area contributed by atoms with Gasteiger partial charge in [0.15, 0.2) is 5.76 Å². The van der Waals surface area contributed by atoms with E-state index in [1.54, 1.807) is 24.4 Å². The molecule has 0 spiro atoms. The van der Waals surface area contributed by atoms with E-state index < -0.39 is 0 Å². The van der Waals surface area contributed by atoms with Gasteiger partial charge in [0.25, 0.3) is 5.56 Å². The van der Waals surface area contributed by atoms with E-state index in [0.717, 1.165) is 27.5 Å². The normalized spacial score (nSPS) is 12.0. The van der Waals surface area contributed by atoms with E-state index >= 15 is 0 Å². The highest BCUT2D eigenvalue weighted by molar-refractivity contribution is 6.31. The smallest absolute Gasteiger partial charge is 0.282 e. The zero-order valence-corrected chi connectivity index (χ0v) is 19.2. The number of rotatable bonds is 3. The molecule has 34 heavy (non-hydrogen) atoms. The molecule has 6 nitrogen and oxygen atoms in total. The predicted octanol–water partition coefficient (Wildman–Crippen LogP) is 6.15. The maximum absolute atomic E-state index is 13.5. The maximum Gasteiger partial charge on any atom is 0.282 e. The number of aryl methyl sites for hydroxylation is 1. The summed E-state index contributed by atoms with van der Waals surface area (Å²) in [6.45, 7) is 2.03. The van der Waals surface area contributed by atoms with Gasteiger partial charge >= 0.3 is 0 Å². The largest absolute Gasteiger partial charge is 0.453 e. The summed E-state index contributed by atoms with van der Waals surface area (Å²) in [6.07, 6.45) is 1.72. The molecule has 3 heterocycles. The van der Waals surface area contributed by atoms with Crippen LogP contribution in [0, 0.1) is 6.92 Å². The summed E-state index contributed by atoms with van der Waals surface area (Å²) in [5, 5.41) is 7.61. The Kier molecular flexibility index (Phi) is 4.64. The Morgan fingerprint density at radius 2 is 1.76 bits per heavy atom. The molecule has 0 unspecified atom stereocenters. The van der Waals surface area contributed by atoms with Gasteiger partial charge < -0.3 is 8.98 Å². The van der Waals surface area contributed by atoms with E-state index in [1.807, 2.05) is 56.4 Å². The van der Waals surface area contributed by atoms with Crippen LogP contribution in [-0.2, 0) is 7.05 Å². The minimum absolute atomic E-state index is 0.270. The summed E-state index contributed by atoms with van der Waals surface area (Å²) in [5.74, 6) is 0.761. The fourth-order valence-corrected chi connectivity index (χ4v) is 4.52. The molecule has 0 N–H and O–H groups in total. The first-order chi connectivity index (χ1) is 16.5. The third kappa shape index (κ3) is 3.15. The molecule has 0 saturated heterocycles. The summed E-state index contributed by atoms with van der Waals surface area (Å²) in [6, 6.07) is 22.5. The average molecular weight is 467 g/mol. The van der Waals surface area contributed by atoms with E-state index in [1.165, 1.54) is 4.68 Å². The van der Waals surface area contributed by atoms with Gasteiger partial charge in [0.05, 0.1) is 17.1 Å². The highest BCUT2D eigenvalue weighted by Gasteiger charge is 2.17. The summed E-state index contributed by atoms with van der Waals surface area (Å²) in [5.41, 5.74) is 4.05. The van der Waals surface area contributed by atoms with Crippen molar-refractivity contribution in [3.63, 3.8) is 0 Å². The lowest BCUT2D eigenvalue weighted by Gasteiger charge is -2.07. The lowest BCUT2D eigenvalue weighted by atomic mass is 10.1. The SMILES string of the molecule is Cc1c(C=Nn2c(-c3cc4cc(Cl)ccc4o3)nc3ccccc3c2=O)c2ccccc2n1C. The molecule has 6 rings (SSSR count). The van der Waals surface area contributed by atoms with Crippen molar-refractivity contribution < 1.29 is 4.42 Å². The lowest BCUT2D eigenvalue weighted by molar-refractivity contribution is 0.616. The number of benzene rings is 3. The number of hydrogen-bond donors (Lipinski definition) is 0. The Hall–Kier alpha value is -4.16. The van der Waals surface area contributed by atoms with E-state index in [2.05, 4.69) is 21.8 Å². The summed E-state index contributed by atoms with van der Waals surface area (Å²) in [7, 11) is 2.02. The molecule has 0 radical (unpaired) electrons. The van der Waals surface area contributed by atoms with Crippen molar-refractivity contribution in [2.45, 2.75) is 6.92 Å². The molecule has 0 bridgehead atoms. The number of hydrogen-bond acceptors (Lipinski definition) is 4. The van der Waals surface area contributed by atoms with Gasteiger partial charge in [-0.05, 0) is 49.4 Å². The zero-order valence-electron chi connectivity index (χ0n) is 18.5. The first kappa shape index (κ1) is 20.4. The van der Waals surface area contributed by atoms with Crippen LogP contribution < -0.4 is 5.56 Å². The van der Waals surface area contributed by atoms with Crippen LogP contribution in [0.4, 0.5) is 0 Å². The standard InChI is InChI=1S/C27H19ClN4O2/c1-16-21(19-7-4-6-10-23(19)31(16)2)15-29-32-26(30-22-9-5-3-8-20(22)27(32)33)25-14-17-13-18(28)11-12-24(17)34-25/h3-15H,1-2H3. The molecule has 166 valence electrons. The highest BCUT2D eigenvalue weighted by atomic mass is 35.5. The van der Waals surface area contributed by atoms with Crippen LogP contribution in [-0.4, -0.2) is 20.4 Å². The topological polar surface area (TPSA) is 65.3 Å². The van der Waals surface area contributed by atoms with Gasteiger partial charge in [-0.15, -0.1) is 0 Å². The number of fused-ring (bicyclic) bond motifs is 3. The van der Waals surface area contributed by atoms with Crippen LogP contribution >= 0.6 is 11.6 Å². The highest BCUT2D eigenvalue weighted by Crippen LogP contribution is 2.29. The Balaban J connectivity index is 1.60. The first-order valence-electron chi connectivity index (χ1n) is 10.8. The van der Waals surface area contributed by atoms with Crippen molar-refractivity contribution in [1.82, 2.24) is 14.2 Å². The van der Waals surface area contributed by atoms with Gasteiger partial charge in [-0.2, -0.15) is 9.78 Å². The van der Waals surface area contributed by atoms with Crippen molar-refractivity contribution >= 4 is 50.6 Å². The lowest BCUT2D eigenvalue weighted by Crippen LogP contribution is -2.20. The molecule has 0 aliphatic rings. The van der Waals surface area contributed by atoms with Gasteiger partial charge in [0, 0.05) is 39.6 Å². The predicted molar refractivity (Wildman–Crippen MR) is 137 cm³/mol. The van der Waals surface area contributed by atoms with Crippen LogP contribution in [0.3, 0.4) is 0 Å². The molecule has 0 atom stereocenters. The van der Waals surface area contributed by atoms with Crippen LogP contribution in [0.2, 0.25) is 5.02 Å². The third-order valence-corrected chi connectivity index (χ3v) is 6.44. The summed E-state index contributed by atoms with van der Waals surface area (Å²) in [4.78, 5) is 18.3. The molecule has 0 aliphatic carbocycles. The zero-order chi connectivity index (χ0) is 23.4. The van der Waals surface area contributed by atoms with Gasteiger partial charge in [0.1, 0.15) is 5.58 Å². The number of furan rings is 1. The molecule has 0 saturated carbocycles. The molecule has 6 aromatic rings. The van der Waals surface area contributed by atoms with Crippen LogP contribution in [0.25, 0.3) is 44.4 Å². The van der Waals surface area contributed by atoms with Crippen LogP contribution in [0.5, 0.6) is 0 Å². The van der Waals surface area contributed by atoms with Crippen molar-refractivity contribution in [2.24, 2.45) is 12.1 Å². The van der Waals surface area contributed by atoms with E-state index in [4.69, 9.17) is 21.0 Å². The van der Waals surface area contributed by atoms with Crippen molar-refractivity contribution in [2.75, 3.05) is 0 Å². The number of para-hydroxylation sites is 2. The Bertz CT molecular complexity index is 1820. The van der Waals surface area contributed by atoms with Gasteiger partial charge in [-0.1, -0.05) is 41.9 Å². The minimum atomic E-state index is -0.270. The fourth-order valence-electron chi connectivity index (χ4n) is 4.34. The Morgan fingerprint density at radius 1 is 1.00 bits per heavy atom. The number of halogens is 1. The second kappa shape index (κ2) is 7.71. The average Bonchev–Trinajstić information content (AvgIpc) is 3.37. The summed E-state index contributed by atoms with van der Waals surface area (Å²) < 4.78 is 9.47. The molecule has 0 amide bonds. The first-order valence-corrected chi connectivity index (χ1v) is 11.2. The van der Waals surface area contributed by atoms with Gasteiger partial charge in [-0.25, -0.2) is 4.98 Å². The number of nitrogens with zero attached hydrogens (tertiary/aromatic N) is 4. The number of aromatic nitrogens is 3. The Morgan fingerprint density at radius 3 is 2.62 bits per heavy atom. The van der Waals surface area contributed by atoms with Crippen molar-refractivity contribution in [1.29, 1.82) is 0 Å². The van der Waals surface area contributed by atoms with Gasteiger partial charge in [-0.3, -0.25) is 4.79 Å². The second-order valence-electron chi connectivity index (χ2n) is 8.18. The third-order valence-electron chi connectivity index (χ3n) is 6.20. The van der Waals surface area contributed by atoms with Crippen molar-refractivity contribution in [3.05, 3.63) is 99.4 Å². The van der Waals surface area contributed by atoms with Crippen molar-refractivity contribution in [3.8, 4) is 11.6 Å². The van der Waals surface area contributed by atoms with Crippen LogP contribution in [0.1, 0.15) is 11.3 Å². The molecular weight excluding hydrogens is 448 g/mol. The molecule has 0 aliphatic heterocycles. The van der Waals surface area contributed by atoms with Gasteiger partial charge in [0.2, 0.25) is 5.82 Å². The monoisotopic (exact) mass is 466 g/mol. The van der Waals surface area contributed by atoms with E-state index in [-0.39, 0.29) is 5.56 Å². The maximum atomic E-state index is 13.5. The quantitative estimate of drug-likeness (QED) is 0.294. The Labute approximate surface area is 199 Å². The van der Waals surface area contributed by atoms with E-state index in [0.29, 0.717) is 33.1 Å². The minimum Gasteiger partial charge on any atom is -0.453 e. The van der Waals surface area contributed by atoms with E-state index in [9.17, 15) is 4.79 Å². The molecule has 0 fully saturated rings. The molecule has 3 aromatic carbocycles. The van der Waals surface area contributed by atoms with Crippen LogP contribution in [0.15, 0.2) is 87.1 Å². The second-order valence-corrected chi connectivity index (χ2v) is 8.62. The molecule has 7 heteroatoms. The fraction of sp³-hybridized carbons (Fsp3) is 0.0741.